The zero-order valence-electron chi connectivity index (χ0n) is 15.2. The number of hydrogen-bond acceptors (Lipinski definition) is 6. The molecule has 1 saturated heterocycles. The lowest BCUT2D eigenvalue weighted by Gasteiger charge is -2.28. The van der Waals surface area contributed by atoms with Crippen LogP contribution in [0.5, 0.6) is 11.5 Å². The van der Waals surface area contributed by atoms with Gasteiger partial charge in [-0.3, -0.25) is 0 Å². The fraction of sp³-hybridized carbons (Fsp3) is 0.474. The quantitative estimate of drug-likeness (QED) is 0.691. The third-order valence-corrected chi connectivity index (χ3v) is 4.57. The molecule has 1 aliphatic rings. The number of halogens is 1. The van der Waals surface area contributed by atoms with Crippen molar-refractivity contribution in [3.63, 3.8) is 0 Å². The first-order valence-corrected chi connectivity index (χ1v) is 9.14. The van der Waals surface area contributed by atoms with Gasteiger partial charge in [-0.25, -0.2) is 9.97 Å². The third kappa shape index (κ3) is 4.77. The van der Waals surface area contributed by atoms with Crippen molar-refractivity contribution < 1.29 is 14.2 Å². The zero-order valence-corrected chi connectivity index (χ0v) is 16.0. The summed E-state index contributed by atoms with van der Waals surface area (Å²) in [6.45, 7) is 3.10. The van der Waals surface area contributed by atoms with Crippen molar-refractivity contribution in [1.29, 1.82) is 0 Å². The largest absolute Gasteiger partial charge is 0.493 e. The van der Waals surface area contributed by atoms with E-state index in [0.717, 1.165) is 68.7 Å². The maximum atomic E-state index is 6.20. The van der Waals surface area contributed by atoms with Gasteiger partial charge in [0.15, 0.2) is 11.5 Å². The molecule has 6 nitrogen and oxygen atoms in total. The van der Waals surface area contributed by atoms with Crippen molar-refractivity contribution >= 4 is 17.4 Å². The first kappa shape index (κ1) is 18.7. The van der Waals surface area contributed by atoms with E-state index in [4.69, 9.17) is 25.8 Å². The summed E-state index contributed by atoms with van der Waals surface area (Å²) in [7, 11) is 3.29. The number of anilines is 1. The Labute approximate surface area is 159 Å². The highest BCUT2D eigenvalue weighted by Crippen LogP contribution is 2.28. The SMILES string of the molecule is COc1ccc(CCCc2nc(Cl)cc(N3CCOCC3)n2)cc1OC. The molecule has 1 fully saturated rings. The van der Waals surface area contributed by atoms with Crippen LogP contribution in [0.1, 0.15) is 17.8 Å². The molecule has 0 unspecified atom stereocenters. The Balaban J connectivity index is 1.62. The number of aryl methyl sites for hydroxylation is 2. The number of methoxy groups -OCH3 is 2. The van der Waals surface area contributed by atoms with Crippen LogP contribution < -0.4 is 14.4 Å². The Kier molecular flexibility index (Phi) is 6.52. The molecule has 0 saturated carbocycles. The van der Waals surface area contributed by atoms with E-state index in [1.54, 1.807) is 14.2 Å². The second kappa shape index (κ2) is 9.05. The molecular weight excluding hydrogens is 354 g/mol. The molecule has 1 aliphatic heterocycles. The van der Waals surface area contributed by atoms with Crippen molar-refractivity contribution in [2.24, 2.45) is 0 Å². The number of benzene rings is 1. The Morgan fingerprint density at radius 1 is 1.04 bits per heavy atom. The van der Waals surface area contributed by atoms with Crippen LogP contribution in [0, 0.1) is 0 Å². The predicted octanol–water partition coefficient (Wildman–Crippen LogP) is 3.16. The molecule has 0 bridgehead atoms. The summed E-state index contributed by atoms with van der Waals surface area (Å²) in [6.07, 6.45) is 2.60. The molecule has 0 spiro atoms. The Morgan fingerprint density at radius 2 is 1.81 bits per heavy atom. The van der Waals surface area contributed by atoms with E-state index in [2.05, 4.69) is 20.9 Å². The smallest absolute Gasteiger partial charge is 0.160 e. The third-order valence-electron chi connectivity index (χ3n) is 4.38. The summed E-state index contributed by atoms with van der Waals surface area (Å²) in [6, 6.07) is 7.82. The summed E-state index contributed by atoms with van der Waals surface area (Å²) >= 11 is 6.20. The van der Waals surface area contributed by atoms with E-state index in [9.17, 15) is 0 Å². The van der Waals surface area contributed by atoms with Gasteiger partial charge >= 0.3 is 0 Å². The minimum absolute atomic E-state index is 0.489. The van der Waals surface area contributed by atoms with Crippen LogP contribution in [-0.4, -0.2) is 50.5 Å². The highest BCUT2D eigenvalue weighted by Gasteiger charge is 2.14. The molecule has 140 valence electrons. The molecular formula is C19H24ClN3O3. The van der Waals surface area contributed by atoms with E-state index < -0.39 is 0 Å². The van der Waals surface area contributed by atoms with Crippen molar-refractivity contribution in [2.75, 3.05) is 45.4 Å². The minimum Gasteiger partial charge on any atom is -0.493 e. The number of aromatic nitrogens is 2. The lowest BCUT2D eigenvalue weighted by molar-refractivity contribution is 0.122. The summed E-state index contributed by atoms with van der Waals surface area (Å²) in [4.78, 5) is 11.2. The summed E-state index contributed by atoms with van der Waals surface area (Å²) in [5, 5.41) is 0.489. The highest BCUT2D eigenvalue weighted by atomic mass is 35.5. The van der Waals surface area contributed by atoms with Crippen LogP contribution in [0.2, 0.25) is 5.15 Å². The van der Waals surface area contributed by atoms with Crippen LogP contribution in [0.4, 0.5) is 5.82 Å². The predicted molar refractivity (Wildman–Crippen MR) is 102 cm³/mol. The molecule has 0 amide bonds. The lowest BCUT2D eigenvalue weighted by atomic mass is 10.1. The fourth-order valence-corrected chi connectivity index (χ4v) is 3.20. The Bertz CT molecular complexity index is 736. The molecule has 1 aromatic heterocycles. The molecule has 0 atom stereocenters. The zero-order chi connectivity index (χ0) is 18.4. The van der Waals surface area contributed by atoms with Crippen LogP contribution in [-0.2, 0) is 17.6 Å². The summed E-state index contributed by atoms with van der Waals surface area (Å²) in [5.41, 5.74) is 1.19. The average molecular weight is 378 g/mol. The van der Waals surface area contributed by atoms with Gasteiger partial charge in [-0.2, -0.15) is 0 Å². The fourth-order valence-electron chi connectivity index (χ4n) is 3.00. The molecule has 26 heavy (non-hydrogen) atoms. The van der Waals surface area contributed by atoms with Gasteiger partial charge in [-0.1, -0.05) is 17.7 Å². The molecule has 2 aromatic rings. The van der Waals surface area contributed by atoms with Gasteiger partial charge in [-0.05, 0) is 30.5 Å². The van der Waals surface area contributed by atoms with Gasteiger partial charge in [0.1, 0.15) is 16.8 Å². The van der Waals surface area contributed by atoms with Crippen LogP contribution in [0.25, 0.3) is 0 Å². The number of morpholine rings is 1. The molecule has 0 N–H and O–H groups in total. The van der Waals surface area contributed by atoms with Crippen LogP contribution in [0.15, 0.2) is 24.3 Å². The van der Waals surface area contributed by atoms with E-state index in [1.165, 1.54) is 5.56 Å². The first-order valence-electron chi connectivity index (χ1n) is 8.76. The monoisotopic (exact) mass is 377 g/mol. The Morgan fingerprint density at radius 3 is 2.54 bits per heavy atom. The number of nitrogens with zero attached hydrogens (tertiary/aromatic N) is 3. The molecule has 7 heteroatoms. The summed E-state index contributed by atoms with van der Waals surface area (Å²) in [5.74, 6) is 3.15. The second-order valence-electron chi connectivity index (χ2n) is 6.11. The number of hydrogen-bond donors (Lipinski definition) is 0. The van der Waals surface area contributed by atoms with Gasteiger partial charge in [0.2, 0.25) is 0 Å². The van der Waals surface area contributed by atoms with E-state index >= 15 is 0 Å². The minimum atomic E-state index is 0.489. The molecule has 2 heterocycles. The van der Waals surface area contributed by atoms with Gasteiger partial charge in [0.05, 0.1) is 27.4 Å². The molecule has 1 aromatic carbocycles. The van der Waals surface area contributed by atoms with Gasteiger partial charge in [0, 0.05) is 25.6 Å². The van der Waals surface area contributed by atoms with Crippen molar-refractivity contribution in [3.8, 4) is 11.5 Å². The van der Waals surface area contributed by atoms with Gasteiger partial charge < -0.3 is 19.1 Å². The van der Waals surface area contributed by atoms with Crippen LogP contribution >= 0.6 is 11.6 Å². The second-order valence-corrected chi connectivity index (χ2v) is 6.49. The normalized spacial score (nSPS) is 14.3. The van der Waals surface area contributed by atoms with E-state index in [-0.39, 0.29) is 0 Å². The van der Waals surface area contributed by atoms with Crippen molar-refractivity contribution in [2.45, 2.75) is 19.3 Å². The van der Waals surface area contributed by atoms with Crippen molar-refractivity contribution in [3.05, 3.63) is 40.8 Å². The highest BCUT2D eigenvalue weighted by molar-refractivity contribution is 6.29. The van der Waals surface area contributed by atoms with Gasteiger partial charge in [-0.15, -0.1) is 0 Å². The van der Waals surface area contributed by atoms with Crippen LogP contribution in [0.3, 0.4) is 0 Å². The van der Waals surface area contributed by atoms with E-state index in [0.29, 0.717) is 5.15 Å². The molecule has 3 rings (SSSR count). The first-order chi connectivity index (χ1) is 12.7. The Hall–Kier alpha value is -2.05. The van der Waals surface area contributed by atoms with Crippen molar-refractivity contribution in [1.82, 2.24) is 9.97 Å². The molecule has 0 radical (unpaired) electrons. The number of rotatable bonds is 7. The van der Waals surface area contributed by atoms with E-state index in [1.807, 2.05) is 18.2 Å². The average Bonchev–Trinajstić information content (AvgIpc) is 2.68. The molecule has 0 aliphatic carbocycles. The van der Waals surface area contributed by atoms with Gasteiger partial charge in [0.25, 0.3) is 0 Å². The maximum Gasteiger partial charge on any atom is 0.160 e. The standard InChI is InChI=1S/C19H24ClN3O3/c1-24-15-7-6-14(12-16(15)25-2)4-3-5-18-21-17(20)13-19(22-18)23-8-10-26-11-9-23/h6-7,12-13H,3-5,8-11H2,1-2H3. The lowest BCUT2D eigenvalue weighted by Crippen LogP contribution is -2.37. The topological polar surface area (TPSA) is 56.7 Å². The summed E-state index contributed by atoms with van der Waals surface area (Å²) < 4.78 is 16.0. The maximum absolute atomic E-state index is 6.20. The number of ether oxygens (including phenoxy) is 3.